The lowest BCUT2D eigenvalue weighted by Gasteiger charge is -2.34. The van der Waals surface area contributed by atoms with Crippen molar-refractivity contribution >= 4 is 28.6 Å². The van der Waals surface area contributed by atoms with Crippen molar-refractivity contribution in [2.45, 2.75) is 12.1 Å². The predicted octanol–water partition coefficient (Wildman–Crippen LogP) is 3.27. The molecule has 0 spiro atoms. The molecule has 3 N–H and O–H groups in total. The van der Waals surface area contributed by atoms with E-state index in [1.165, 1.54) is 0 Å². The SMILES string of the molecule is C#CC1=C(N)OC2NN=C(c3cccs3)C2C1c1cccc(Cl)c1. The summed E-state index contributed by atoms with van der Waals surface area (Å²) in [5.41, 5.74) is 11.7. The third kappa shape index (κ3) is 2.35. The van der Waals surface area contributed by atoms with Crippen LogP contribution in [0.3, 0.4) is 0 Å². The first-order valence-electron chi connectivity index (χ1n) is 7.44. The number of halogens is 1. The van der Waals surface area contributed by atoms with Crippen molar-refractivity contribution in [2.75, 3.05) is 0 Å². The van der Waals surface area contributed by atoms with Crippen molar-refractivity contribution in [3.05, 3.63) is 68.7 Å². The molecule has 0 saturated heterocycles. The topological polar surface area (TPSA) is 59.6 Å². The van der Waals surface area contributed by atoms with Gasteiger partial charge in [0.05, 0.1) is 22.1 Å². The molecule has 0 amide bonds. The highest BCUT2D eigenvalue weighted by atomic mass is 35.5. The summed E-state index contributed by atoms with van der Waals surface area (Å²) in [5.74, 6) is 2.77. The normalized spacial score (nSPS) is 25.3. The van der Waals surface area contributed by atoms with Crippen molar-refractivity contribution in [1.82, 2.24) is 5.43 Å². The Bertz CT molecular complexity index is 882. The fourth-order valence-electron chi connectivity index (χ4n) is 3.28. The first-order chi connectivity index (χ1) is 11.7. The molecule has 2 aliphatic heterocycles. The third-order valence-corrected chi connectivity index (χ3v) is 5.41. The van der Waals surface area contributed by atoms with Crippen molar-refractivity contribution in [3.8, 4) is 12.3 Å². The number of nitrogens with zero attached hydrogens (tertiary/aromatic N) is 1. The van der Waals surface area contributed by atoms with Crippen LogP contribution in [0.15, 0.2) is 58.3 Å². The van der Waals surface area contributed by atoms with Crippen molar-refractivity contribution in [3.63, 3.8) is 0 Å². The number of nitrogens with two attached hydrogens (primary N) is 1. The second-order valence-electron chi connectivity index (χ2n) is 5.62. The summed E-state index contributed by atoms with van der Waals surface area (Å²) < 4.78 is 5.78. The Morgan fingerprint density at radius 2 is 2.21 bits per heavy atom. The molecule has 0 aliphatic carbocycles. The van der Waals surface area contributed by atoms with E-state index in [4.69, 9.17) is 28.5 Å². The molecule has 1 aromatic heterocycles. The highest BCUT2D eigenvalue weighted by Crippen LogP contribution is 2.44. The summed E-state index contributed by atoms with van der Waals surface area (Å²) in [5, 5.41) is 7.17. The number of benzene rings is 1. The molecule has 0 radical (unpaired) electrons. The highest BCUT2D eigenvalue weighted by molar-refractivity contribution is 7.12. The number of rotatable bonds is 2. The average Bonchev–Trinajstić information content (AvgIpc) is 3.22. The Labute approximate surface area is 149 Å². The number of hydrazone groups is 1. The number of fused-ring (bicyclic) bond motifs is 1. The number of terminal acetylenes is 1. The zero-order valence-electron chi connectivity index (χ0n) is 12.6. The highest BCUT2D eigenvalue weighted by Gasteiger charge is 2.46. The maximum atomic E-state index is 6.20. The lowest BCUT2D eigenvalue weighted by Crippen LogP contribution is -2.42. The number of ether oxygens (including phenoxy) is 1. The molecule has 0 saturated carbocycles. The van der Waals surface area contributed by atoms with Crippen molar-refractivity contribution in [1.29, 1.82) is 0 Å². The third-order valence-electron chi connectivity index (χ3n) is 4.28. The first-order valence-corrected chi connectivity index (χ1v) is 8.70. The minimum atomic E-state index is -0.344. The lowest BCUT2D eigenvalue weighted by atomic mass is 9.76. The second kappa shape index (κ2) is 5.90. The van der Waals surface area contributed by atoms with E-state index in [0.717, 1.165) is 16.2 Å². The molecule has 120 valence electrons. The molecule has 2 aromatic rings. The minimum absolute atomic E-state index is 0.0690. The average molecular weight is 356 g/mol. The van der Waals surface area contributed by atoms with Crippen LogP contribution in [0, 0.1) is 18.3 Å². The van der Waals surface area contributed by atoms with Gasteiger partial charge in [-0.25, -0.2) is 0 Å². The monoisotopic (exact) mass is 355 g/mol. The van der Waals surface area contributed by atoms with Crippen LogP contribution in [0.2, 0.25) is 5.02 Å². The molecule has 3 unspecified atom stereocenters. The van der Waals surface area contributed by atoms with Crippen LogP contribution in [0.25, 0.3) is 0 Å². The Morgan fingerprint density at radius 1 is 1.33 bits per heavy atom. The van der Waals surface area contributed by atoms with Gasteiger partial charge in [0.1, 0.15) is 0 Å². The van der Waals surface area contributed by atoms with E-state index in [-0.39, 0.29) is 23.9 Å². The van der Waals surface area contributed by atoms with Crippen LogP contribution in [0.4, 0.5) is 0 Å². The maximum Gasteiger partial charge on any atom is 0.199 e. The number of thiophene rings is 1. The fraction of sp³-hybridized carbons (Fsp3) is 0.167. The molecule has 0 bridgehead atoms. The molecule has 0 fully saturated rings. The van der Waals surface area contributed by atoms with E-state index in [1.54, 1.807) is 11.3 Å². The zero-order chi connectivity index (χ0) is 16.7. The van der Waals surface area contributed by atoms with Gasteiger partial charge in [0, 0.05) is 10.9 Å². The van der Waals surface area contributed by atoms with Crippen LogP contribution < -0.4 is 11.2 Å². The van der Waals surface area contributed by atoms with Crippen LogP contribution in [0.5, 0.6) is 0 Å². The van der Waals surface area contributed by atoms with Gasteiger partial charge in [0.2, 0.25) is 0 Å². The largest absolute Gasteiger partial charge is 0.453 e. The zero-order valence-corrected chi connectivity index (χ0v) is 14.1. The Hall–Kier alpha value is -2.42. The number of nitrogens with one attached hydrogen (secondary N) is 1. The molecule has 3 heterocycles. The molecule has 2 aliphatic rings. The summed E-state index contributed by atoms with van der Waals surface area (Å²) in [4.78, 5) is 1.09. The van der Waals surface area contributed by atoms with Crippen LogP contribution >= 0.6 is 22.9 Å². The van der Waals surface area contributed by atoms with Gasteiger partial charge >= 0.3 is 0 Å². The van der Waals surface area contributed by atoms with Crippen LogP contribution in [-0.4, -0.2) is 11.9 Å². The van der Waals surface area contributed by atoms with E-state index in [1.807, 2.05) is 41.8 Å². The Kier molecular flexibility index (Phi) is 3.72. The van der Waals surface area contributed by atoms with Gasteiger partial charge < -0.3 is 10.5 Å². The summed E-state index contributed by atoms with van der Waals surface area (Å²) in [6.45, 7) is 0. The lowest BCUT2D eigenvalue weighted by molar-refractivity contribution is 0.0457. The number of hydrogen-bond donors (Lipinski definition) is 2. The van der Waals surface area contributed by atoms with E-state index in [0.29, 0.717) is 10.6 Å². The Balaban J connectivity index is 1.86. The standard InChI is InChI=1S/C18H14ClN3OS/c1-2-12-14(10-5-3-6-11(19)9-10)15-16(13-7-4-8-24-13)21-22-18(15)23-17(12)20/h1,3-9,14-15,18,22H,20H2. The summed E-state index contributed by atoms with van der Waals surface area (Å²) >= 11 is 7.83. The molecule has 3 atom stereocenters. The quantitative estimate of drug-likeness (QED) is 0.813. The summed E-state index contributed by atoms with van der Waals surface area (Å²) in [6.07, 6.45) is 5.40. The van der Waals surface area contributed by atoms with Gasteiger partial charge in [-0.2, -0.15) is 5.10 Å². The molecule has 6 heteroatoms. The summed E-state index contributed by atoms with van der Waals surface area (Å²) in [7, 11) is 0. The maximum absolute atomic E-state index is 6.20. The van der Waals surface area contributed by atoms with Gasteiger partial charge in [0.15, 0.2) is 12.1 Å². The molecule has 1 aromatic carbocycles. The fourth-order valence-corrected chi connectivity index (χ4v) is 4.24. The molecular formula is C18H14ClN3OS. The van der Waals surface area contributed by atoms with Crippen LogP contribution in [0.1, 0.15) is 16.4 Å². The van der Waals surface area contributed by atoms with Gasteiger partial charge in [0.25, 0.3) is 0 Å². The molecule has 4 rings (SSSR count). The first kappa shape index (κ1) is 15.1. The molecule has 4 nitrogen and oxygen atoms in total. The second-order valence-corrected chi connectivity index (χ2v) is 7.01. The van der Waals surface area contributed by atoms with E-state index >= 15 is 0 Å². The predicted molar refractivity (Wildman–Crippen MR) is 96.6 cm³/mol. The Morgan fingerprint density at radius 3 is 2.92 bits per heavy atom. The molecule has 24 heavy (non-hydrogen) atoms. The van der Waals surface area contributed by atoms with Crippen molar-refractivity contribution in [2.24, 2.45) is 16.8 Å². The smallest absolute Gasteiger partial charge is 0.199 e. The van der Waals surface area contributed by atoms with E-state index < -0.39 is 0 Å². The van der Waals surface area contributed by atoms with Crippen molar-refractivity contribution < 1.29 is 4.74 Å². The van der Waals surface area contributed by atoms with Gasteiger partial charge in [-0.1, -0.05) is 35.7 Å². The van der Waals surface area contributed by atoms with Gasteiger partial charge in [-0.05, 0) is 29.1 Å². The summed E-state index contributed by atoms with van der Waals surface area (Å²) in [6, 6.07) is 11.7. The van der Waals surface area contributed by atoms with E-state index in [2.05, 4.69) is 16.4 Å². The van der Waals surface area contributed by atoms with Gasteiger partial charge in [-0.3, -0.25) is 5.43 Å². The minimum Gasteiger partial charge on any atom is -0.453 e. The van der Waals surface area contributed by atoms with E-state index in [9.17, 15) is 0 Å². The molecular weight excluding hydrogens is 342 g/mol. The van der Waals surface area contributed by atoms with Gasteiger partial charge in [-0.15, -0.1) is 17.8 Å². The van der Waals surface area contributed by atoms with Crippen LogP contribution in [-0.2, 0) is 4.74 Å². The number of hydrogen-bond acceptors (Lipinski definition) is 5. The number of allylic oxidation sites excluding steroid dienone is 1.